The molecule has 0 saturated heterocycles. The maximum atomic E-state index is 12.6. The Morgan fingerprint density at radius 1 is 1.24 bits per heavy atom. The quantitative estimate of drug-likeness (QED) is 0.450. The van der Waals surface area contributed by atoms with Crippen molar-refractivity contribution in [3.63, 3.8) is 0 Å². The number of nitrogens with two attached hydrogens (primary N) is 1. The topological polar surface area (TPSA) is 100 Å². The summed E-state index contributed by atoms with van der Waals surface area (Å²) in [5.74, 6) is 1.61. The lowest BCUT2D eigenvalue weighted by atomic mass is 10.1. The van der Waals surface area contributed by atoms with E-state index in [-0.39, 0.29) is 12.8 Å². The van der Waals surface area contributed by atoms with Gasteiger partial charge in [0.15, 0.2) is 11.5 Å². The molecule has 3 atom stereocenters. The van der Waals surface area contributed by atoms with E-state index in [2.05, 4.69) is 0 Å². The van der Waals surface area contributed by atoms with E-state index in [0.717, 1.165) is 17.1 Å². The van der Waals surface area contributed by atoms with Gasteiger partial charge in [-0.15, -0.1) is 0 Å². The fourth-order valence-corrected chi connectivity index (χ4v) is 3.48. The highest BCUT2D eigenvalue weighted by Crippen LogP contribution is 2.33. The van der Waals surface area contributed by atoms with Crippen LogP contribution in [0.15, 0.2) is 18.2 Å². The summed E-state index contributed by atoms with van der Waals surface area (Å²) in [6, 6.07) is 4.87. The first-order valence-electron chi connectivity index (χ1n) is 9.66. The molecule has 0 aliphatic carbocycles. The molecule has 9 heteroatoms. The summed E-state index contributed by atoms with van der Waals surface area (Å²) in [7, 11) is 0. The highest BCUT2D eigenvalue weighted by Gasteiger charge is 2.25. The van der Waals surface area contributed by atoms with Crippen molar-refractivity contribution >= 4 is 23.8 Å². The minimum absolute atomic E-state index is 0.125. The molecule has 8 nitrogen and oxygen atoms in total. The van der Waals surface area contributed by atoms with Crippen LogP contribution in [0.25, 0.3) is 0 Å². The Bertz CT molecular complexity index is 702. The smallest absolute Gasteiger partial charge is 0.413 e. The highest BCUT2D eigenvalue weighted by molar-refractivity contribution is 7.98. The third-order valence-corrected chi connectivity index (χ3v) is 5.20. The van der Waals surface area contributed by atoms with Gasteiger partial charge in [-0.1, -0.05) is 6.07 Å². The zero-order chi connectivity index (χ0) is 21.4. The summed E-state index contributed by atoms with van der Waals surface area (Å²) in [5.41, 5.74) is 6.80. The van der Waals surface area contributed by atoms with Gasteiger partial charge in [-0.2, -0.15) is 11.8 Å². The van der Waals surface area contributed by atoms with Crippen molar-refractivity contribution in [2.45, 2.75) is 52.0 Å². The number of nitrogens with zero attached hydrogens (tertiary/aromatic N) is 1. The first kappa shape index (κ1) is 23.2. The lowest BCUT2D eigenvalue weighted by Gasteiger charge is -2.28. The highest BCUT2D eigenvalue weighted by atomic mass is 32.2. The van der Waals surface area contributed by atoms with E-state index in [9.17, 15) is 9.59 Å². The monoisotopic (exact) mass is 426 g/mol. The molecule has 0 saturated carbocycles. The standard InChI is InChI=1S/C20H30N2O6S/c1-5-22(13(2)10-15-6-7-17-18(11-15)26-12-25-17)20(24)28-14(3)27-19(23)16(21)8-9-29-4/h6-7,11,13-14,16H,5,8-10,12,21H2,1-4H3. The van der Waals surface area contributed by atoms with Crippen LogP contribution in [-0.4, -0.2) is 60.7 Å². The van der Waals surface area contributed by atoms with Gasteiger partial charge in [-0.05, 0) is 56.4 Å². The summed E-state index contributed by atoms with van der Waals surface area (Å²) in [5, 5.41) is 0. The number of hydrogen-bond acceptors (Lipinski definition) is 8. The molecule has 3 unspecified atom stereocenters. The van der Waals surface area contributed by atoms with Crippen LogP contribution in [0.3, 0.4) is 0 Å². The van der Waals surface area contributed by atoms with Gasteiger partial charge in [-0.25, -0.2) is 4.79 Å². The van der Waals surface area contributed by atoms with Gasteiger partial charge in [0.25, 0.3) is 0 Å². The third kappa shape index (κ3) is 6.71. The molecule has 29 heavy (non-hydrogen) atoms. The van der Waals surface area contributed by atoms with Crippen molar-refractivity contribution < 1.29 is 28.5 Å². The lowest BCUT2D eigenvalue weighted by molar-refractivity contribution is -0.167. The van der Waals surface area contributed by atoms with E-state index < -0.39 is 24.4 Å². The van der Waals surface area contributed by atoms with Crippen LogP contribution in [0.5, 0.6) is 11.5 Å². The Kier molecular flexibility index (Phi) is 8.91. The summed E-state index contributed by atoms with van der Waals surface area (Å²) in [6.07, 6.45) is 1.51. The number of amides is 1. The number of esters is 1. The van der Waals surface area contributed by atoms with Gasteiger partial charge < -0.3 is 29.6 Å². The van der Waals surface area contributed by atoms with E-state index in [1.807, 2.05) is 38.3 Å². The minimum atomic E-state index is -1.01. The van der Waals surface area contributed by atoms with E-state index in [4.69, 9.17) is 24.7 Å². The lowest BCUT2D eigenvalue weighted by Crippen LogP contribution is -2.42. The van der Waals surface area contributed by atoms with Crippen molar-refractivity contribution in [1.29, 1.82) is 0 Å². The van der Waals surface area contributed by atoms with E-state index in [0.29, 0.717) is 25.1 Å². The van der Waals surface area contributed by atoms with Gasteiger partial charge in [-0.3, -0.25) is 4.79 Å². The van der Waals surface area contributed by atoms with E-state index in [1.165, 1.54) is 6.92 Å². The Morgan fingerprint density at radius 3 is 2.66 bits per heavy atom. The number of likely N-dealkylation sites (N-methyl/N-ethyl adjacent to an activating group) is 1. The minimum Gasteiger partial charge on any atom is -0.454 e. The molecule has 0 bridgehead atoms. The number of fused-ring (bicyclic) bond motifs is 1. The van der Waals surface area contributed by atoms with Crippen LogP contribution in [0.2, 0.25) is 0 Å². The molecule has 2 rings (SSSR count). The molecule has 1 aliphatic heterocycles. The normalized spacial score (nSPS) is 15.3. The molecule has 1 aromatic rings. The van der Waals surface area contributed by atoms with E-state index >= 15 is 0 Å². The zero-order valence-corrected chi connectivity index (χ0v) is 18.2. The van der Waals surface area contributed by atoms with Crippen molar-refractivity contribution in [3.05, 3.63) is 23.8 Å². The second kappa shape index (κ2) is 11.2. The average Bonchev–Trinajstić information content (AvgIpc) is 3.14. The van der Waals surface area contributed by atoms with Crippen molar-refractivity contribution in [2.75, 3.05) is 25.3 Å². The number of carbonyl (C=O) groups is 2. The second-order valence-electron chi connectivity index (χ2n) is 6.80. The summed E-state index contributed by atoms with van der Waals surface area (Å²) in [6.45, 7) is 5.99. The molecule has 0 radical (unpaired) electrons. The molecular formula is C20H30N2O6S. The first-order valence-corrected chi connectivity index (χ1v) is 11.1. The maximum absolute atomic E-state index is 12.6. The molecule has 162 valence electrons. The van der Waals surface area contributed by atoms with Gasteiger partial charge >= 0.3 is 12.1 Å². The van der Waals surface area contributed by atoms with Gasteiger partial charge in [0.05, 0.1) is 0 Å². The predicted molar refractivity (Wildman–Crippen MR) is 111 cm³/mol. The van der Waals surface area contributed by atoms with Crippen molar-refractivity contribution in [3.8, 4) is 11.5 Å². The number of carbonyl (C=O) groups excluding carboxylic acids is 2. The largest absolute Gasteiger partial charge is 0.454 e. The maximum Gasteiger partial charge on any atom is 0.413 e. The Labute approximate surface area is 176 Å². The molecule has 1 heterocycles. The molecule has 0 aromatic heterocycles. The molecule has 0 fully saturated rings. The number of benzene rings is 1. The first-order chi connectivity index (χ1) is 13.8. The molecule has 2 N–H and O–H groups in total. The number of thioether (sulfide) groups is 1. The predicted octanol–water partition coefficient (Wildman–Crippen LogP) is 2.77. The van der Waals surface area contributed by atoms with Crippen LogP contribution < -0.4 is 15.2 Å². The molecule has 1 aliphatic rings. The van der Waals surface area contributed by atoms with Crippen LogP contribution in [0.4, 0.5) is 4.79 Å². The Hall–Kier alpha value is -2.13. The summed E-state index contributed by atoms with van der Waals surface area (Å²) in [4.78, 5) is 26.1. The van der Waals surface area contributed by atoms with E-state index in [1.54, 1.807) is 16.7 Å². The second-order valence-corrected chi connectivity index (χ2v) is 7.79. The number of hydrogen-bond donors (Lipinski definition) is 1. The summed E-state index contributed by atoms with van der Waals surface area (Å²) >= 11 is 1.60. The van der Waals surface area contributed by atoms with Gasteiger partial charge in [0, 0.05) is 19.5 Å². The molecular weight excluding hydrogens is 396 g/mol. The van der Waals surface area contributed by atoms with Gasteiger partial charge in [0.1, 0.15) is 6.04 Å². The van der Waals surface area contributed by atoms with Crippen molar-refractivity contribution in [1.82, 2.24) is 4.90 Å². The fourth-order valence-electron chi connectivity index (χ4n) is 2.99. The average molecular weight is 427 g/mol. The SMILES string of the molecule is CCN(C(=O)OC(C)OC(=O)C(N)CCSC)C(C)Cc1ccc2c(c1)OCO2. The molecule has 1 aromatic carbocycles. The number of rotatable bonds is 10. The third-order valence-electron chi connectivity index (χ3n) is 4.56. The zero-order valence-electron chi connectivity index (χ0n) is 17.4. The molecule has 1 amide bonds. The Balaban J connectivity index is 1.87. The Morgan fingerprint density at radius 2 is 1.97 bits per heavy atom. The van der Waals surface area contributed by atoms with Crippen LogP contribution >= 0.6 is 11.8 Å². The van der Waals surface area contributed by atoms with Gasteiger partial charge in [0.2, 0.25) is 13.1 Å². The fraction of sp³-hybridized carbons (Fsp3) is 0.600. The summed E-state index contributed by atoms with van der Waals surface area (Å²) < 4.78 is 21.2. The van der Waals surface area contributed by atoms with Crippen LogP contribution in [0.1, 0.15) is 32.8 Å². The number of ether oxygens (including phenoxy) is 4. The molecule has 0 spiro atoms. The van der Waals surface area contributed by atoms with Crippen LogP contribution in [0, 0.1) is 0 Å². The van der Waals surface area contributed by atoms with Crippen LogP contribution in [-0.2, 0) is 20.7 Å². The van der Waals surface area contributed by atoms with Crippen molar-refractivity contribution in [2.24, 2.45) is 5.73 Å².